The van der Waals surface area contributed by atoms with E-state index in [1.54, 1.807) is 32.9 Å². The van der Waals surface area contributed by atoms with Crippen molar-refractivity contribution in [3.63, 3.8) is 0 Å². The third kappa shape index (κ3) is 4.87. The lowest BCUT2D eigenvalue weighted by molar-refractivity contribution is 0.0544. The fraction of sp³-hybridized carbons (Fsp3) is 0.250. The smallest absolute Gasteiger partial charge is 0.419 e. The number of carbonyl (C=O) groups is 1. The van der Waals surface area contributed by atoms with Gasteiger partial charge in [-0.1, -0.05) is 29.3 Å². The molecule has 0 spiro atoms. The molecule has 5 rings (SSSR count). The molecular formula is C28H26ClFN4O6S. The van der Waals surface area contributed by atoms with E-state index in [-0.39, 0.29) is 54.9 Å². The van der Waals surface area contributed by atoms with Gasteiger partial charge < -0.3 is 14.2 Å². The van der Waals surface area contributed by atoms with Crippen LogP contribution in [0, 0.1) is 12.7 Å². The molecule has 0 unspecified atom stereocenters. The van der Waals surface area contributed by atoms with Crippen molar-refractivity contribution in [3.8, 4) is 22.9 Å². The van der Waals surface area contributed by atoms with Crippen molar-refractivity contribution in [2.75, 3.05) is 14.2 Å². The number of carbonyl (C=O) groups excluding carboxylic acids is 1. The van der Waals surface area contributed by atoms with Crippen LogP contribution in [-0.4, -0.2) is 52.8 Å². The Hall–Kier alpha value is -4.16. The maximum Gasteiger partial charge on any atom is 0.419 e. The van der Waals surface area contributed by atoms with Gasteiger partial charge in [0.15, 0.2) is 17.2 Å². The molecule has 0 atom stereocenters. The average molecular weight is 601 g/mol. The molecular weight excluding hydrogens is 575 g/mol. The summed E-state index contributed by atoms with van der Waals surface area (Å²) >= 11 is 6.29. The Labute approximate surface area is 240 Å². The van der Waals surface area contributed by atoms with Gasteiger partial charge in [-0.3, -0.25) is 4.57 Å². The normalized spacial score (nSPS) is 12.2. The maximum absolute atomic E-state index is 14.5. The van der Waals surface area contributed by atoms with E-state index in [1.165, 1.54) is 49.2 Å². The Kier molecular flexibility index (Phi) is 6.94. The van der Waals surface area contributed by atoms with Crippen LogP contribution in [-0.2, 0) is 14.8 Å². The van der Waals surface area contributed by atoms with E-state index < -0.39 is 27.5 Å². The Balaban J connectivity index is 1.90. The molecule has 5 aromatic rings. The van der Waals surface area contributed by atoms with E-state index >= 15 is 0 Å². The Morgan fingerprint density at radius 2 is 1.76 bits per heavy atom. The van der Waals surface area contributed by atoms with E-state index in [4.69, 9.17) is 25.8 Å². The summed E-state index contributed by atoms with van der Waals surface area (Å²) in [4.78, 5) is 21.9. The molecule has 0 aliphatic heterocycles. The molecule has 0 amide bonds. The van der Waals surface area contributed by atoms with Crippen molar-refractivity contribution in [1.29, 1.82) is 0 Å². The van der Waals surface area contributed by atoms with E-state index in [2.05, 4.69) is 9.97 Å². The zero-order valence-corrected chi connectivity index (χ0v) is 24.6. The molecule has 214 valence electrons. The minimum absolute atomic E-state index is 0.0348. The van der Waals surface area contributed by atoms with Gasteiger partial charge in [-0.2, -0.15) is 0 Å². The molecule has 1 aromatic carbocycles. The highest BCUT2D eigenvalue weighted by Crippen LogP contribution is 2.40. The van der Waals surface area contributed by atoms with E-state index in [0.717, 1.165) is 15.7 Å². The van der Waals surface area contributed by atoms with Crippen LogP contribution in [0.5, 0.6) is 11.6 Å². The number of methoxy groups -OCH3 is 2. The molecule has 0 fully saturated rings. The molecule has 4 heterocycles. The predicted octanol–water partition coefficient (Wildman–Crippen LogP) is 6.19. The molecule has 0 N–H and O–H groups in total. The second-order valence-electron chi connectivity index (χ2n) is 10.2. The van der Waals surface area contributed by atoms with E-state index in [1.807, 2.05) is 6.92 Å². The number of halogens is 2. The van der Waals surface area contributed by atoms with Crippen LogP contribution in [0.15, 0.2) is 53.7 Å². The molecule has 0 saturated carbocycles. The SMILES string of the molecule is COc1cc2c(nc1OC)c(-c1cc3c(Cl)c(F)cnc3n1S(=O)(=O)c1ccc(C)cc1)cn2C(=O)OC(C)(C)C. The lowest BCUT2D eigenvalue weighted by atomic mass is 10.2. The van der Waals surface area contributed by atoms with Crippen molar-refractivity contribution in [2.45, 2.75) is 38.2 Å². The third-order valence-electron chi connectivity index (χ3n) is 6.23. The van der Waals surface area contributed by atoms with Crippen LogP contribution in [0.1, 0.15) is 26.3 Å². The number of fused-ring (bicyclic) bond motifs is 2. The highest BCUT2D eigenvalue weighted by Gasteiger charge is 2.31. The number of ether oxygens (including phenoxy) is 3. The van der Waals surface area contributed by atoms with Crippen LogP contribution in [0.25, 0.3) is 33.3 Å². The molecule has 10 nitrogen and oxygen atoms in total. The number of benzene rings is 1. The second-order valence-corrected chi connectivity index (χ2v) is 12.4. The van der Waals surface area contributed by atoms with E-state index in [9.17, 15) is 17.6 Å². The second kappa shape index (κ2) is 10.0. The fourth-order valence-corrected chi connectivity index (χ4v) is 6.03. The van der Waals surface area contributed by atoms with Gasteiger partial charge >= 0.3 is 6.09 Å². The monoisotopic (exact) mass is 600 g/mol. The number of hydrogen-bond donors (Lipinski definition) is 0. The lowest BCUT2D eigenvalue weighted by Gasteiger charge is -2.19. The number of rotatable bonds is 5. The summed E-state index contributed by atoms with van der Waals surface area (Å²) in [6.07, 6.45) is 1.50. The van der Waals surface area contributed by atoms with Gasteiger partial charge in [-0.05, 0) is 45.9 Å². The zero-order valence-electron chi connectivity index (χ0n) is 23.0. The lowest BCUT2D eigenvalue weighted by Crippen LogP contribution is -2.26. The summed E-state index contributed by atoms with van der Waals surface area (Å²) in [6, 6.07) is 9.16. The van der Waals surface area contributed by atoms with Gasteiger partial charge in [-0.15, -0.1) is 0 Å². The third-order valence-corrected chi connectivity index (χ3v) is 8.33. The zero-order chi connectivity index (χ0) is 29.9. The van der Waals surface area contributed by atoms with Gasteiger partial charge in [0.25, 0.3) is 15.9 Å². The molecule has 0 saturated heterocycles. The van der Waals surface area contributed by atoms with Crippen LogP contribution in [0.2, 0.25) is 5.02 Å². The first-order valence-corrected chi connectivity index (χ1v) is 14.1. The Morgan fingerprint density at radius 1 is 1.07 bits per heavy atom. The summed E-state index contributed by atoms with van der Waals surface area (Å²) in [5.74, 6) is -0.500. The highest BCUT2D eigenvalue weighted by atomic mass is 35.5. The molecule has 0 bridgehead atoms. The largest absolute Gasteiger partial charge is 0.491 e. The standard InChI is InChI=1S/C28H26ClFN4O6S/c1-15-7-9-16(10-8-15)41(36,37)34-20(11-17-23(29)19(30)13-31-25(17)34)18-14-33(27(35)40-28(2,3)4)21-12-22(38-5)26(39-6)32-24(18)21/h7-14H,1-6H3. The number of nitrogens with zero attached hydrogens (tertiary/aromatic N) is 4. The summed E-state index contributed by atoms with van der Waals surface area (Å²) in [5.41, 5.74) is 0.580. The van der Waals surface area contributed by atoms with Crippen molar-refractivity contribution in [3.05, 3.63) is 65.2 Å². The van der Waals surface area contributed by atoms with Crippen molar-refractivity contribution in [2.24, 2.45) is 0 Å². The molecule has 13 heteroatoms. The van der Waals surface area contributed by atoms with E-state index in [0.29, 0.717) is 0 Å². The van der Waals surface area contributed by atoms with Crippen LogP contribution in [0.4, 0.5) is 9.18 Å². The topological polar surface area (TPSA) is 115 Å². The first kappa shape index (κ1) is 28.4. The van der Waals surface area contributed by atoms with Crippen LogP contribution in [0.3, 0.4) is 0 Å². The highest BCUT2D eigenvalue weighted by molar-refractivity contribution is 7.90. The molecule has 0 aliphatic carbocycles. The van der Waals surface area contributed by atoms with Crippen molar-refractivity contribution >= 4 is 49.8 Å². The number of aromatic nitrogens is 4. The molecule has 0 aliphatic rings. The van der Waals surface area contributed by atoms with Crippen LogP contribution >= 0.6 is 11.6 Å². The first-order valence-electron chi connectivity index (χ1n) is 12.3. The summed E-state index contributed by atoms with van der Waals surface area (Å²) in [7, 11) is -1.51. The van der Waals surface area contributed by atoms with Gasteiger partial charge in [0.1, 0.15) is 11.1 Å². The minimum atomic E-state index is -4.32. The van der Waals surface area contributed by atoms with Gasteiger partial charge in [0.05, 0.1) is 41.5 Å². The van der Waals surface area contributed by atoms with Gasteiger partial charge in [-0.25, -0.2) is 31.5 Å². The summed E-state index contributed by atoms with van der Waals surface area (Å²) in [6.45, 7) is 6.98. The quantitative estimate of drug-likeness (QED) is 0.234. The van der Waals surface area contributed by atoms with Crippen LogP contribution < -0.4 is 9.47 Å². The Morgan fingerprint density at radius 3 is 2.37 bits per heavy atom. The van der Waals surface area contributed by atoms with Gasteiger partial charge in [0.2, 0.25) is 0 Å². The molecule has 4 aromatic heterocycles. The maximum atomic E-state index is 14.5. The number of aryl methyl sites for hydroxylation is 1. The fourth-order valence-electron chi connectivity index (χ4n) is 4.37. The Bertz CT molecular complexity index is 1940. The first-order chi connectivity index (χ1) is 19.3. The van der Waals surface area contributed by atoms with Crippen molar-refractivity contribution < 1.29 is 31.8 Å². The number of hydrogen-bond acceptors (Lipinski definition) is 8. The summed E-state index contributed by atoms with van der Waals surface area (Å²) in [5, 5.41) is -0.256. The molecule has 0 radical (unpaired) electrons. The molecule has 41 heavy (non-hydrogen) atoms. The predicted molar refractivity (Wildman–Crippen MR) is 152 cm³/mol. The minimum Gasteiger partial charge on any atom is -0.491 e. The van der Waals surface area contributed by atoms with Crippen molar-refractivity contribution in [1.82, 2.24) is 18.5 Å². The number of pyridine rings is 2. The average Bonchev–Trinajstić information content (AvgIpc) is 3.48. The van der Waals surface area contributed by atoms with Gasteiger partial charge in [0, 0.05) is 23.2 Å². The summed E-state index contributed by atoms with van der Waals surface area (Å²) < 4.78 is 61.3.